The Labute approximate surface area is 133 Å². The van der Waals surface area contributed by atoms with Crippen LogP contribution in [0.5, 0.6) is 0 Å². The third kappa shape index (κ3) is 6.97. The second kappa shape index (κ2) is 10.4. The van der Waals surface area contributed by atoms with Gasteiger partial charge in [-0.2, -0.15) is 0 Å². The normalized spacial score (nSPS) is 22.7. The van der Waals surface area contributed by atoms with Gasteiger partial charge in [0.2, 0.25) is 0 Å². The standard InChI is InChI=1S/C17H32N2.C2H6/c1-4-18-9-7-17(8-10-18)14-19-11-5-16(6-12-19)13-15(2)3;1-2/h16-17H,2,4-14H2,1,3H3;1-2H3. The van der Waals surface area contributed by atoms with Crippen LogP contribution in [-0.4, -0.2) is 49.1 Å². The van der Waals surface area contributed by atoms with Gasteiger partial charge in [-0.3, -0.25) is 0 Å². The van der Waals surface area contributed by atoms with Crippen LogP contribution in [0.25, 0.3) is 0 Å². The fraction of sp³-hybridized carbons (Fsp3) is 0.895. The summed E-state index contributed by atoms with van der Waals surface area (Å²) in [5.74, 6) is 1.87. The SMILES string of the molecule is C=C(C)CC1CCN(CC2CCN(CC)CC2)CC1.CC. The van der Waals surface area contributed by atoms with Gasteiger partial charge in [0.05, 0.1) is 0 Å². The van der Waals surface area contributed by atoms with Gasteiger partial charge in [-0.1, -0.05) is 26.3 Å². The second-order valence-corrected chi connectivity index (χ2v) is 6.78. The molecule has 2 saturated heterocycles. The Bertz CT molecular complexity index is 271. The number of allylic oxidation sites excluding steroid dienone is 1. The molecular formula is C19H38N2. The molecule has 0 amide bonds. The van der Waals surface area contributed by atoms with Crippen molar-refractivity contribution in [2.24, 2.45) is 11.8 Å². The molecule has 0 aromatic carbocycles. The maximum atomic E-state index is 4.06. The topological polar surface area (TPSA) is 6.48 Å². The minimum Gasteiger partial charge on any atom is -0.304 e. The summed E-state index contributed by atoms with van der Waals surface area (Å²) in [5, 5.41) is 0. The van der Waals surface area contributed by atoms with E-state index in [4.69, 9.17) is 0 Å². The van der Waals surface area contributed by atoms with E-state index in [1.165, 1.54) is 76.9 Å². The fourth-order valence-corrected chi connectivity index (χ4v) is 3.72. The zero-order valence-electron chi connectivity index (χ0n) is 15.0. The smallest absolute Gasteiger partial charge is 0.00106 e. The molecule has 0 bridgehead atoms. The summed E-state index contributed by atoms with van der Waals surface area (Å²) < 4.78 is 0. The molecule has 21 heavy (non-hydrogen) atoms. The monoisotopic (exact) mass is 294 g/mol. The Morgan fingerprint density at radius 1 is 0.905 bits per heavy atom. The largest absolute Gasteiger partial charge is 0.304 e. The molecule has 0 aromatic rings. The third-order valence-corrected chi connectivity index (χ3v) is 5.02. The van der Waals surface area contributed by atoms with E-state index in [2.05, 4.69) is 30.2 Å². The zero-order chi connectivity index (χ0) is 15.7. The lowest BCUT2D eigenvalue weighted by molar-refractivity contribution is 0.120. The highest BCUT2D eigenvalue weighted by Crippen LogP contribution is 2.25. The molecule has 0 radical (unpaired) electrons. The van der Waals surface area contributed by atoms with Crippen molar-refractivity contribution >= 4 is 0 Å². The first-order chi connectivity index (χ1) is 10.2. The van der Waals surface area contributed by atoms with Crippen LogP contribution >= 0.6 is 0 Å². The van der Waals surface area contributed by atoms with Gasteiger partial charge < -0.3 is 9.80 Å². The van der Waals surface area contributed by atoms with Crippen molar-refractivity contribution in [1.82, 2.24) is 9.80 Å². The van der Waals surface area contributed by atoms with Crippen molar-refractivity contribution in [3.05, 3.63) is 12.2 Å². The minimum absolute atomic E-state index is 0.913. The predicted molar refractivity (Wildman–Crippen MR) is 94.8 cm³/mol. The second-order valence-electron chi connectivity index (χ2n) is 6.78. The van der Waals surface area contributed by atoms with Crippen LogP contribution in [-0.2, 0) is 0 Å². The molecule has 2 fully saturated rings. The highest BCUT2D eigenvalue weighted by Gasteiger charge is 2.24. The molecule has 0 unspecified atom stereocenters. The summed E-state index contributed by atoms with van der Waals surface area (Å²) in [4.78, 5) is 5.32. The van der Waals surface area contributed by atoms with Gasteiger partial charge in [0, 0.05) is 6.54 Å². The number of hydrogen-bond donors (Lipinski definition) is 0. The molecule has 2 heterocycles. The Balaban J connectivity index is 0.00000106. The van der Waals surface area contributed by atoms with E-state index >= 15 is 0 Å². The summed E-state index contributed by atoms with van der Waals surface area (Å²) in [5.41, 5.74) is 1.37. The molecule has 0 aromatic heterocycles. The minimum atomic E-state index is 0.913. The lowest BCUT2D eigenvalue weighted by Crippen LogP contribution is -2.41. The van der Waals surface area contributed by atoms with Crippen molar-refractivity contribution in [1.29, 1.82) is 0 Å². The molecule has 124 valence electrons. The van der Waals surface area contributed by atoms with Crippen molar-refractivity contribution in [3.8, 4) is 0 Å². The highest BCUT2D eigenvalue weighted by atomic mass is 15.1. The lowest BCUT2D eigenvalue weighted by atomic mass is 9.89. The van der Waals surface area contributed by atoms with Gasteiger partial charge >= 0.3 is 0 Å². The van der Waals surface area contributed by atoms with E-state index < -0.39 is 0 Å². The molecule has 0 N–H and O–H groups in total. The summed E-state index contributed by atoms with van der Waals surface area (Å²) in [7, 11) is 0. The Hall–Kier alpha value is -0.340. The van der Waals surface area contributed by atoms with Crippen LogP contribution in [0, 0.1) is 11.8 Å². The van der Waals surface area contributed by atoms with Crippen LogP contribution in [0.15, 0.2) is 12.2 Å². The van der Waals surface area contributed by atoms with Crippen LogP contribution in [0.3, 0.4) is 0 Å². The Morgan fingerprint density at radius 2 is 1.38 bits per heavy atom. The zero-order valence-corrected chi connectivity index (χ0v) is 15.0. The van der Waals surface area contributed by atoms with Gasteiger partial charge in [0.25, 0.3) is 0 Å². The first-order valence-corrected chi connectivity index (χ1v) is 9.26. The molecule has 2 aliphatic heterocycles. The molecule has 2 heteroatoms. The average molecular weight is 295 g/mol. The van der Waals surface area contributed by atoms with Crippen molar-refractivity contribution < 1.29 is 0 Å². The number of nitrogens with zero attached hydrogens (tertiary/aromatic N) is 2. The predicted octanol–water partition coefficient (Wildman–Crippen LogP) is 4.42. The van der Waals surface area contributed by atoms with E-state index in [1.807, 2.05) is 13.8 Å². The van der Waals surface area contributed by atoms with Gasteiger partial charge in [-0.05, 0) is 83.6 Å². The van der Waals surface area contributed by atoms with Crippen molar-refractivity contribution in [2.75, 3.05) is 39.3 Å². The van der Waals surface area contributed by atoms with Crippen LogP contribution < -0.4 is 0 Å². The molecule has 2 nitrogen and oxygen atoms in total. The molecule has 0 saturated carbocycles. The molecular weight excluding hydrogens is 256 g/mol. The first-order valence-electron chi connectivity index (χ1n) is 9.26. The van der Waals surface area contributed by atoms with Crippen LogP contribution in [0.4, 0.5) is 0 Å². The molecule has 0 atom stereocenters. The fourth-order valence-electron chi connectivity index (χ4n) is 3.72. The molecule has 2 aliphatic rings. The summed E-state index contributed by atoms with van der Waals surface area (Å²) in [6, 6.07) is 0. The van der Waals surface area contributed by atoms with E-state index in [-0.39, 0.29) is 0 Å². The summed E-state index contributed by atoms with van der Waals surface area (Å²) >= 11 is 0. The van der Waals surface area contributed by atoms with Crippen molar-refractivity contribution in [3.63, 3.8) is 0 Å². The lowest BCUT2D eigenvalue weighted by Gasteiger charge is -2.37. The summed E-state index contributed by atoms with van der Waals surface area (Å²) in [6.45, 7) is 20.4. The maximum Gasteiger partial charge on any atom is 0.00106 e. The molecule has 0 aliphatic carbocycles. The average Bonchev–Trinajstić information content (AvgIpc) is 2.51. The van der Waals surface area contributed by atoms with E-state index in [1.54, 1.807) is 0 Å². The number of hydrogen-bond acceptors (Lipinski definition) is 2. The maximum absolute atomic E-state index is 4.06. The van der Waals surface area contributed by atoms with Crippen molar-refractivity contribution in [2.45, 2.75) is 59.8 Å². The Morgan fingerprint density at radius 3 is 1.86 bits per heavy atom. The van der Waals surface area contributed by atoms with Gasteiger partial charge in [0.15, 0.2) is 0 Å². The molecule has 0 spiro atoms. The van der Waals surface area contributed by atoms with Crippen LogP contribution in [0.2, 0.25) is 0 Å². The van der Waals surface area contributed by atoms with Gasteiger partial charge in [-0.15, -0.1) is 6.58 Å². The summed E-state index contributed by atoms with van der Waals surface area (Å²) in [6.07, 6.45) is 6.86. The molecule has 2 rings (SSSR count). The number of likely N-dealkylation sites (tertiary alicyclic amines) is 2. The first kappa shape index (κ1) is 18.7. The quantitative estimate of drug-likeness (QED) is 0.692. The number of rotatable bonds is 5. The van der Waals surface area contributed by atoms with E-state index in [0.29, 0.717) is 0 Å². The number of piperidine rings is 2. The van der Waals surface area contributed by atoms with E-state index in [0.717, 1.165) is 11.8 Å². The third-order valence-electron chi connectivity index (χ3n) is 5.02. The Kier molecular flexibility index (Phi) is 9.26. The highest BCUT2D eigenvalue weighted by molar-refractivity contribution is 4.92. The van der Waals surface area contributed by atoms with Gasteiger partial charge in [0.1, 0.15) is 0 Å². The van der Waals surface area contributed by atoms with E-state index in [9.17, 15) is 0 Å². The van der Waals surface area contributed by atoms with Gasteiger partial charge in [-0.25, -0.2) is 0 Å². The van der Waals surface area contributed by atoms with Crippen LogP contribution in [0.1, 0.15) is 59.8 Å².